The molecule has 128 heavy (non-hydrogen) atoms. The van der Waals surface area contributed by atoms with Crippen molar-refractivity contribution in [2.45, 2.75) is 159 Å². The van der Waals surface area contributed by atoms with E-state index in [-0.39, 0.29) is 141 Å². The van der Waals surface area contributed by atoms with Crippen molar-refractivity contribution in [1.82, 2.24) is 0 Å². The highest BCUT2D eigenvalue weighted by Crippen LogP contribution is 2.37. The van der Waals surface area contributed by atoms with Gasteiger partial charge >= 0.3 is 47.8 Å². The minimum absolute atomic E-state index is 0.0165. The number of alkyl halides is 4. The predicted octanol–water partition coefficient (Wildman–Crippen LogP) is 23.9. The molecule has 12 aromatic rings. The number of ether oxygens (including phenoxy) is 8. The molecule has 12 aromatic carbocycles. The number of halogens is 4. The van der Waals surface area contributed by atoms with Gasteiger partial charge in [-0.05, 0) is 261 Å². The van der Waals surface area contributed by atoms with Crippen LogP contribution in [0.4, 0.5) is 0 Å². The van der Waals surface area contributed by atoms with Gasteiger partial charge in [-0.15, -0.1) is 0 Å². The van der Waals surface area contributed by atoms with Gasteiger partial charge in [-0.1, -0.05) is 216 Å². The van der Waals surface area contributed by atoms with Crippen LogP contribution in [0.5, 0.6) is 0 Å². The van der Waals surface area contributed by atoms with Crippen LogP contribution in [-0.2, 0) is 101 Å². The standard InChI is InChI=1S/C27H28BrO4S.2C26H26BrO4S.C25H24BrO4S/c1-19(2)21-9-13-24(14-10-21)33(23-7-5-4-6-8-23)25-15-11-22(12-16-25)27(30)32-18-17-31-26(29)20(3)28;1-18-4-10-22(11-5-18)32(23-12-6-19(2)7-13-23)24-14-8-21(9-15-24)26(29)31-17-16-30-25(28)20(3)27;1-26(2,27)25(29)31-19-9-18-30-24(28)20-14-16-23(17-15-20)32(21-10-5-3-6-11-21)22-12-7-4-8-13-22;1-18-8-12-22(13-9-18)31(21-6-4-3-5-7-21)23-14-10-20(11-15-23)25(28)30-17-16-29-24(27)19(2)26/h4-16,19-20H,17-18H2,1-3H3;4-15,20H,16-17H2,1-3H3;3-8,10-17H,9,18-19H2,1-2H3;3-15,19H,16-17H2,1-2H3/q4*+1. The predicted molar refractivity (Wildman–Crippen MR) is 522 cm³/mol. The molecule has 0 saturated heterocycles. The summed E-state index contributed by atoms with van der Waals surface area (Å²) in [6, 6.07) is 106. The Labute approximate surface area is 796 Å². The fourth-order valence-corrected chi connectivity index (χ4v) is 20.6. The van der Waals surface area contributed by atoms with E-state index in [0.29, 0.717) is 34.6 Å². The van der Waals surface area contributed by atoms with Crippen LogP contribution in [0.1, 0.15) is 124 Å². The second-order valence-corrected chi connectivity index (χ2v) is 43.8. The molecule has 0 heterocycles. The van der Waals surface area contributed by atoms with Gasteiger partial charge in [0.15, 0.2) is 58.7 Å². The Morgan fingerprint density at radius 3 is 0.656 bits per heavy atom. The largest absolute Gasteiger partial charge is 0.465 e. The Kier molecular flexibility index (Phi) is 41.5. The maximum atomic E-state index is 12.4. The van der Waals surface area contributed by atoms with E-state index in [1.54, 1.807) is 83.1 Å². The Hall–Kier alpha value is -10.3. The van der Waals surface area contributed by atoms with E-state index >= 15 is 0 Å². The molecule has 0 fully saturated rings. The van der Waals surface area contributed by atoms with E-state index in [2.05, 4.69) is 244 Å². The highest BCUT2D eigenvalue weighted by atomic mass is 79.9. The lowest BCUT2D eigenvalue weighted by molar-refractivity contribution is -0.146. The molecule has 5 unspecified atom stereocenters. The molecule has 0 saturated carbocycles. The zero-order valence-corrected chi connectivity index (χ0v) is 82.5. The van der Waals surface area contributed by atoms with Crippen LogP contribution >= 0.6 is 63.7 Å². The summed E-state index contributed by atoms with van der Waals surface area (Å²) >= 11 is 12.7. The molecule has 12 rings (SSSR count). The summed E-state index contributed by atoms with van der Waals surface area (Å²) in [6.45, 7) is 19.6. The molecule has 0 N–H and O–H groups in total. The van der Waals surface area contributed by atoms with Crippen LogP contribution in [0, 0.1) is 20.8 Å². The maximum absolute atomic E-state index is 12.4. The summed E-state index contributed by atoms with van der Waals surface area (Å²) in [6.07, 6.45) is 0.449. The number of aryl methyl sites for hydroxylation is 3. The molecule has 0 radical (unpaired) electrons. The molecule has 0 aliphatic carbocycles. The molecular formula is C104H104Br4O16S4+4. The van der Waals surface area contributed by atoms with Crippen LogP contribution in [-0.4, -0.2) is 119 Å². The van der Waals surface area contributed by atoms with Gasteiger partial charge in [-0.3, -0.25) is 19.2 Å². The molecular weight excluding hydrogens is 1950 g/mol. The normalized spacial score (nSPS) is 12.1. The first-order chi connectivity index (χ1) is 61.5. The van der Waals surface area contributed by atoms with E-state index in [4.69, 9.17) is 37.9 Å². The zero-order valence-electron chi connectivity index (χ0n) is 72.9. The van der Waals surface area contributed by atoms with Gasteiger partial charge in [0.25, 0.3) is 0 Å². The van der Waals surface area contributed by atoms with Crippen molar-refractivity contribution >= 4 is 155 Å². The molecule has 0 aliphatic heterocycles. The second kappa shape index (κ2) is 52.4. The monoisotopic (exact) mass is 2050 g/mol. The highest BCUT2D eigenvalue weighted by molar-refractivity contribution is 9.10. The summed E-state index contributed by atoms with van der Waals surface area (Å²) < 4.78 is 40.4. The van der Waals surface area contributed by atoms with E-state index in [9.17, 15) is 38.4 Å². The quantitative estimate of drug-likeness (QED) is 0.0121. The average molecular weight is 2060 g/mol. The third-order valence-electron chi connectivity index (χ3n) is 18.7. The molecule has 664 valence electrons. The number of rotatable bonds is 34. The maximum Gasteiger partial charge on any atom is 0.338 e. The lowest BCUT2D eigenvalue weighted by Crippen LogP contribution is -2.27. The first kappa shape index (κ1) is 101. The fraction of sp³-hybridized carbons (Fsp3) is 0.231. The van der Waals surface area contributed by atoms with E-state index in [0.717, 1.165) is 19.6 Å². The van der Waals surface area contributed by atoms with Gasteiger partial charge in [0, 0.05) is 6.42 Å². The molecule has 0 aromatic heterocycles. The third kappa shape index (κ3) is 32.4. The van der Waals surface area contributed by atoms with Gasteiger partial charge in [-0.2, -0.15) is 0 Å². The Bertz CT molecular complexity index is 5400. The van der Waals surface area contributed by atoms with Gasteiger partial charge in [0.2, 0.25) is 0 Å². The third-order valence-corrected chi connectivity index (χ3v) is 29.0. The fourth-order valence-electron chi connectivity index (χ4n) is 11.8. The topological polar surface area (TPSA) is 210 Å². The van der Waals surface area contributed by atoms with Crippen LogP contribution in [0.15, 0.2) is 374 Å². The number of esters is 8. The number of benzene rings is 12. The lowest BCUT2D eigenvalue weighted by atomic mass is 10.0. The number of carbonyl (C=O) groups excluding carboxylic acids is 8. The summed E-state index contributed by atoms with van der Waals surface area (Å²) in [5.74, 6) is -2.72. The molecule has 0 bridgehead atoms. The van der Waals surface area contributed by atoms with Crippen molar-refractivity contribution in [2.24, 2.45) is 0 Å². The summed E-state index contributed by atoms with van der Waals surface area (Å²) in [5, 5.41) is 0. The second-order valence-electron chi connectivity index (χ2n) is 29.6. The molecule has 0 spiro atoms. The molecule has 0 amide bonds. The lowest BCUT2D eigenvalue weighted by Gasteiger charge is -2.14. The van der Waals surface area contributed by atoms with Crippen LogP contribution in [0.25, 0.3) is 0 Å². The number of hydrogen-bond acceptors (Lipinski definition) is 16. The SMILES string of the molecule is CC(Br)C(=O)OCCOC(=O)c1ccc([S+](c2ccccc2)c2ccc(C(C)C)cc2)cc1.CC(C)(Br)C(=O)OCCCOC(=O)c1ccc([S+](c2ccccc2)c2ccccc2)cc1.Cc1ccc([S+](c2ccc(C)cc2)c2ccc(C(=O)OCCOC(=O)C(C)Br)cc2)cc1.Cc1ccc([S+](c2ccccc2)c2ccc(C(=O)OCCOC(=O)C(C)Br)cc2)cc1. The minimum atomic E-state index is -0.719. The smallest absolute Gasteiger partial charge is 0.338 e. The zero-order chi connectivity index (χ0) is 92.1. The summed E-state index contributed by atoms with van der Waals surface area (Å²) in [7, 11) is -1.11. The van der Waals surface area contributed by atoms with Gasteiger partial charge in [0.1, 0.15) is 58.4 Å². The first-order valence-corrected chi connectivity index (χ1v) is 49.8. The van der Waals surface area contributed by atoms with Gasteiger partial charge in [0.05, 0.1) is 79.0 Å². The Balaban J connectivity index is 0.000000193. The van der Waals surface area contributed by atoms with E-state index in [1.807, 2.05) is 121 Å². The van der Waals surface area contributed by atoms with Crippen LogP contribution in [0.2, 0.25) is 0 Å². The van der Waals surface area contributed by atoms with Crippen molar-refractivity contribution < 1.29 is 76.3 Å². The Morgan fingerprint density at radius 1 is 0.258 bits per heavy atom. The number of hydrogen-bond donors (Lipinski definition) is 0. The van der Waals surface area contributed by atoms with Gasteiger partial charge < -0.3 is 37.9 Å². The van der Waals surface area contributed by atoms with Crippen molar-refractivity contribution in [3.8, 4) is 0 Å². The molecule has 24 heteroatoms. The number of carbonyl (C=O) groups is 8. The summed E-state index contributed by atoms with van der Waals surface area (Å²) in [4.78, 5) is 108. The highest BCUT2D eigenvalue weighted by Gasteiger charge is 2.34. The van der Waals surface area contributed by atoms with Crippen molar-refractivity contribution in [1.29, 1.82) is 0 Å². The average Bonchev–Trinajstić information content (AvgIpc) is 0.892. The van der Waals surface area contributed by atoms with Crippen molar-refractivity contribution in [3.63, 3.8) is 0 Å². The first-order valence-electron chi connectivity index (χ1n) is 41.4. The molecule has 0 aliphatic rings. The van der Waals surface area contributed by atoms with E-state index < -0.39 is 22.2 Å². The molecule has 16 nitrogen and oxygen atoms in total. The van der Waals surface area contributed by atoms with Crippen molar-refractivity contribution in [2.75, 3.05) is 52.9 Å². The van der Waals surface area contributed by atoms with Crippen LogP contribution in [0.3, 0.4) is 0 Å². The summed E-state index contributed by atoms with van der Waals surface area (Å²) in [5.41, 5.74) is 6.85. The Morgan fingerprint density at radius 2 is 0.445 bits per heavy atom. The van der Waals surface area contributed by atoms with Gasteiger partial charge in [-0.25, -0.2) is 19.2 Å². The van der Waals surface area contributed by atoms with Crippen LogP contribution < -0.4 is 0 Å². The van der Waals surface area contributed by atoms with Crippen molar-refractivity contribution in [3.05, 3.63) is 360 Å². The van der Waals surface area contributed by atoms with E-state index in [1.165, 1.54) is 61.4 Å². The minimum Gasteiger partial charge on any atom is -0.465 e. The molecule has 5 atom stereocenters.